The van der Waals surface area contributed by atoms with Crippen LogP contribution in [-0.4, -0.2) is 15.0 Å². The zero-order chi connectivity index (χ0) is 36.6. The lowest BCUT2D eigenvalue weighted by atomic mass is 9.91. The monoisotopic (exact) mass is 703 g/mol. The van der Waals surface area contributed by atoms with Gasteiger partial charge in [-0.05, 0) is 87.0 Å². The van der Waals surface area contributed by atoms with Gasteiger partial charge in [-0.3, -0.25) is 0 Å². The van der Waals surface area contributed by atoms with Gasteiger partial charge in [-0.15, -0.1) is 0 Å². The van der Waals surface area contributed by atoms with Crippen molar-refractivity contribution in [2.75, 3.05) is 0 Å². The lowest BCUT2D eigenvalue weighted by Crippen LogP contribution is -2.00. The molecule has 8 aromatic carbocycles. The Morgan fingerprint density at radius 2 is 0.709 bits per heavy atom. The molecule has 55 heavy (non-hydrogen) atoms. The number of hydrogen-bond donors (Lipinski definition) is 0. The van der Waals surface area contributed by atoms with Gasteiger partial charge in [-0.25, -0.2) is 15.0 Å². The Bertz CT molecular complexity index is 2900. The van der Waals surface area contributed by atoms with E-state index in [-0.39, 0.29) is 0 Å². The van der Waals surface area contributed by atoms with E-state index in [0.717, 1.165) is 60.9 Å². The molecule has 0 saturated heterocycles. The summed E-state index contributed by atoms with van der Waals surface area (Å²) in [4.78, 5) is 15.1. The van der Waals surface area contributed by atoms with Crippen molar-refractivity contribution in [2.45, 2.75) is 0 Å². The molecule has 258 valence electrons. The molecule has 2 heterocycles. The van der Waals surface area contributed by atoms with Crippen LogP contribution in [0.25, 0.3) is 101 Å². The van der Waals surface area contributed by atoms with Crippen LogP contribution in [-0.2, 0) is 0 Å². The lowest BCUT2D eigenvalue weighted by molar-refractivity contribution is 0.669. The zero-order valence-electron chi connectivity index (χ0n) is 29.8. The molecule has 0 saturated carbocycles. The SMILES string of the molecule is c1ccc(-c2cccc(-c3nc(-c4ccccc4)nc(-c4ccc5c(c4)oc4cccc(-c6cc(-c7ccccc7)cc(-c7ccccc7)c6)c45)n3)c2)cc1. The normalized spacial score (nSPS) is 11.3. The van der Waals surface area contributed by atoms with Gasteiger partial charge in [0.15, 0.2) is 17.5 Å². The van der Waals surface area contributed by atoms with E-state index in [1.54, 1.807) is 0 Å². The van der Waals surface area contributed by atoms with Crippen molar-refractivity contribution in [3.8, 4) is 78.7 Å². The minimum Gasteiger partial charge on any atom is -0.456 e. The zero-order valence-corrected chi connectivity index (χ0v) is 29.8. The fourth-order valence-electron chi connectivity index (χ4n) is 7.40. The number of fused-ring (bicyclic) bond motifs is 3. The molecule has 0 aliphatic rings. The topological polar surface area (TPSA) is 51.8 Å². The maximum absolute atomic E-state index is 6.63. The summed E-state index contributed by atoms with van der Waals surface area (Å²) in [7, 11) is 0. The van der Waals surface area contributed by atoms with Gasteiger partial charge in [0.1, 0.15) is 11.2 Å². The molecule has 0 bridgehead atoms. The van der Waals surface area contributed by atoms with Gasteiger partial charge in [-0.1, -0.05) is 158 Å². The van der Waals surface area contributed by atoms with E-state index in [1.165, 1.54) is 22.3 Å². The molecule has 10 aromatic rings. The second kappa shape index (κ2) is 13.8. The van der Waals surface area contributed by atoms with E-state index in [1.807, 2.05) is 42.5 Å². The van der Waals surface area contributed by atoms with Gasteiger partial charge in [0.25, 0.3) is 0 Å². The van der Waals surface area contributed by atoms with Crippen LogP contribution in [0.3, 0.4) is 0 Å². The molecular weight excluding hydrogens is 671 g/mol. The van der Waals surface area contributed by atoms with Gasteiger partial charge in [0.2, 0.25) is 0 Å². The predicted molar refractivity (Wildman–Crippen MR) is 225 cm³/mol. The molecule has 10 rings (SSSR count). The van der Waals surface area contributed by atoms with E-state index in [9.17, 15) is 0 Å². The van der Waals surface area contributed by atoms with Crippen molar-refractivity contribution >= 4 is 21.9 Å². The van der Waals surface area contributed by atoms with Crippen LogP contribution in [0.2, 0.25) is 0 Å². The van der Waals surface area contributed by atoms with Crippen LogP contribution in [0.15, 0.2) is 205 Å². The Morgan fingerprint density at radius 3 is 1.31 bits per heavy atom. The fraction of sp³-hybridized carbons (Fsp3) is 0. The maximum atomic E-state index is 6.63. The molecule has 0 atom stereocenters. The van der Waals surface area contributed by atoms with Crippen LogP contribution < -0.4 is 0 Å². The molecule has 2 aromatic heterocycles. The Hall–Kier alpha value is -7.43. The van der Waals surface area contributed by atoms with Gasteiger partial charge in [0, 0.05) is 27.5 Å². The molecule has 0 radical (unpaired) electrons. The molecule has 0 aliphatic heterocycles. The molecular formula is C51H33N3O. The molecule has 4 heteroatoms. The quantitative estimate of drug-likeness (QED) is 0.166. The van der Waals surface area contributed by atoms with Crippen molar-refractivity contribution in [2.24, 2.45) is 0 Å². The number of rotatable bonds is 7. The van der Waals surface area contributed by atoms with Gasteiger partial charge in [-0.2, -0.15) is 0 Å². The van der Waals surface area contributed by atoms with E-state index in [2.05, 4.69) is 158 Å². The molecule has 0 N–H and O–H groups in total. The second-order valence-corrected chi connectivity index (χ2v) is 13.6. The minimum absolute atomic E-state index is 0.583. The Labute approximate surface area is 319 Å². The van der Waals surface area contributed by atoms with Crippen LogP contribution in [0.5, 0.6) is 0 Å². The molecule has 0 amide bonds. The first-order valence-electron chi connectivity index (χ1n) is 18.4. The summed E-state index contributed by atoms with van der Waals surface area (Å²) in [6.07, 6.45) is 0. The molecule has 4 nitrogen and oxygen atoms in total. The average Bonchev–Trinajstić information content (AvgIpc) is 3.66. The molecule has 0 aliphatic carbocycles. The number of aromatic nitrogens is 3. The average molecular weight is 704 g/mol. The first kappa shape index (κ1) is 32.2. The summed E-state index contributed by atoms with van der Waals surface area (Å²) in [6.45, 7) is 0. The minimum atomic E-state index is 0.583. The third kappa shape index (κ3) is 6.26. The highest BCUT2D eigenvalue weighted by Gasteiger charge is 2.18. The summed E-state index contributed by atoms with van der Waals surface area (Å²) in [5, 5.41) is 2.11. The lowest BCUT2D eigenvalue weighted by Gasteiger charge is -2.12. The third-order valence-corrected chi connectivity index (χ3v) is 10.1. The van der Waals surface area contributed by atoms with Crippen molar-refractivity contribution in [1.29, 1.82) is 0 Å². The predicted octanol–water partition coefficient (Wildman–Crippen LogP) is 13.4. The van der Waals surface area contributed by atoms with E-state index in [0.29, 0.717) is 17.5 Å². The van der Waals surface area contributed by atoms with Gasteiger partial charge >= 0.3 is 0 Å². The molecule has 0 unspecified atom stereocenters. The van der Waals surface area contributed by atoms with Crippen molar-refractivity contribution < 1.29 is 4.42 Å². The summed E-state index contributed by atoms with van der Waals surface area (Å²) in [5.74, 6) is 1.81. The number of furan rings is 1. The molecule has 0 fully saturated rings. The number of nitrogens with zero attached hydrogens (tertiary/aromatic N) is 3. The standard InChI is InChI=1S/C51H33N3O/c1-5-15-34(16-6-1)38-23-13-24-39(29-38)50-52-49(37-21-11-4-12-22-37)53-51(54-50)40-27-28-45-47(33-40)55-46-26-14-25-44(48(45)46)43-31-41(35-17-7-2-8-18-35)30-42(32-43)36-19-9-3-10-20-36/h1-33H. The fourth-order valence-corrected chi connectivity index (χ4v) is 7.40. The number of hydrogen-bond acceptors (Lipinski definition) is 4. The van der Waals surface area contributed by atoms with Gasteiger partial charge < -0.3 is 4.42 Å². The summed E-state index contributed by atoms with van der Waals surface area (Å²) < 4.78 is 6.63. The van der Waals surface area contributed by atoms with E-state index in [4.69, 9.17) is 19.4 Å². The maximum Gasteiger partial charge on any atom is 0.164 e. The molecule has 0 spiro atoms. The van der Waals surface area contributed by atoms with E-state index < -0.39 is 0 Å². The van der Waals surface area contributed by atoms with Crippen molar-refractivity contribution in [3.63, 3.8) is 0 Å². The van der Waals surface area contributed by atoms with Crippen molar-refractivity contribution in [3.05, 3.63) is 200 Å². The third-order valence-electron chi connectivity index (χ3n) is 10.1. The van der Waals surface area contributed by atoms with Crippen LogP contribution in [0.1, 0.15) is 0 Å². The first-order chi connectivity index (χ1) is 27.2. The van der Waals surface area contributed by atoms with Gasteiger partial charge in [0.05, 0.1) is 0 Å². The van der Waals surface area contributed by atoms with Crippen LogP contribution in [0, 0.1) is 0 Å². The first-order valence-corrected chi connectivity index (χ1v) is 18.4. The largest absolute Gasteiger partial charge is 0.456 e. The van der Waals surface area contributed by atoms with Crippen LogP contribution >= 0.6 is 0 Å². The number of benzene rings is 8. The van der Waals surface area contributed by atoms with Crippen LogP contribution in [0.4, 0.5) is 0 Å². The Morgan fingerprint density at radius 1 is 0.273 bits per heavy atom. The second-order valence-electron chi connectivity index (χ2n) is 13.6. The summed E-state index contributed by atoms with van der Waals surface area (Å²) in [6, 6.07) is 69.4. The highest BCUT2D eigenvalue weighted by molar-refractivity contribution is 6.13. The smallest absolute Gasteiger partial charge is 0.164 e. The summed E-state index contributed by atoms with van der Waals surface area (Å²) >= 11 is 0. The highest BCUT2D eigenvalue weighted by atomic mass is 16.3. The van der Waals surface area contributed by atoms with Crippen molar-refractivity contribution in [1.82, 2.24) is 15.0 Å². The Kier molecular flexibility index (Phi) is 8.12. The van der Waals surface area contributed by atoms with E-state index >= 15 is 0 Å². The summed E-state index contributed by atoms with van der Waals surface area (Å²) in [5.41, 5.74) is 13.5. The highest BCUT2D eigenvalue weighted by Crippen LogP contribution is 2.41. The Balaban J connectivity index is 1.11.